The van der Waals surface area contributed by atoms with E-state index in [-0.39, 0.29) is 29.9 Å². The third kappa shape index (κ3) is 4.84. The number of benzene rings is 1. The molecule has 1 saturated heterocycles. The molecule has 2 aliphatic rings. The highest BCUT2D eigenvalue weighted by atomic mass is 127. The molecule has 1 aliphatic heterocycles. The van der Waals surface area contributed by atoms with Gasteiger partial charge in [-0.25, -0.2) is 0 Å². The fraction of sp³-hybridized carbons (Fsp3) is 0.556. The predicted octanol–water partition coefficient (Wildman–Crippen LogP) is 2.32. The van der Waals surface area contributed by atoms with Gasteiger partial charge in [0.05, 0.1) is 0 Å². The van der Waals surface area contributed by atoms with Gasteiger partial charge in [0.1, 0.15) is 0 Å². The van der Waals surface area contributed by atoms with Crippen molar-refractivity contribution in [3.63, 3.8) is 0 Å². The van der Waals surface area contributed by atoms with Crippen LogP contribution in [0.3, 0.4) is 0 Å². The average Bonchev–Trinajstić information content (AvgIpc) is 3.32. The number of nitrogens with zero attached hydrogens (tertiary/aromatic N) is 2. The smallest absolute Gasteiger partial charge is 0.217 e. The van der Waals surface area contributed by atoms with Crippen LogP contribution in [0.25, 0.3) is 0 Å². The van der Waals surface area contributed by atoms with Crippen molar-refractivity contribution in [2.75, 3.05) is 20.1 Å². The van der Waals surface area contributed by atoms with Crippen LogP contribution >= 0.6 is 24.0 Å². The van der Waals surface area contributed by atoms with Crippen molar-refractivity contribution < 1.29 is 4.79 Å². The topological polar surface area (TPSA) is 70.7 Å². The number of halogens is 1. The van der Waals surface area contributed by atoms with Gasteiger partial charge in [-0.2, -0.15) is 0 Å². The zero-order valence-corrected chi connectivity index (χ0v) is 16.5. The first-order valence-corrected chi connectivity index (χ1v) is 8.49. The Balaban J connectivity index is 0.00000208. The summed E-state index contributed by atoms with van der Waals surface area (Å²) in [6.45, 7) is 1.86. The number of piperidine rings is 1. The number of hydrogen-bond donors (Lipinski definition) is 2. The minimum atomic E-state index is -0.203. The number of nitrogens with one attached hydrogen (secondary N) is 1. The van der Waals surface area contributed by atoms with E-state index in [1.165, 1.54) is 5.56 Å². The molecule has 6 heteroatoms. The van der Waals surface area contributed by atoms with E-state index in [9.17, 15) is 4.79 Å². The fourth-order valence-corrected chi connectivity index (χ4v) is 3.59. The van der Waals surface area contributed by atoms with Crippen LogP contribution in [0.5, 0.6) is 0 Å². The summed E-state index contributed by atoms with van der Waals surface area (Å²) in [5.74, 6) is 1.69. The van der Waals surface area contributed by atoms with Crippen molar-refractivity contribution in [3.05, 3.63) is 35.9 Å². The first-order chi connectivity index (χ1) is 11.2. The quantitative estimate of drug-likeness (QED) is 0.427. The van der Waals surface area contributed by atoms with Crippen LogP contribution < -0.4 is 11.1 Å². The summed E-state index contributed by atoms with van der Waals surface area (Å²) in [5.41, 5.74) is 6.74. The molecule has 1 aromatic carbocycles. The van der Waals surface area contributed by atoms with Crippen molar-refractivity contribution in [2.45, 2.75) is 37.6 Å². The molecule has 24 heavy (non-hydrogen) atoms. The number of nitrogens with two attached hydrogens (primary N) is 1. The van der Waals surface area contributed by atoms with Gasteiger partial charge in [-0.1, -0.05) is 30.3 Å². The molecular weight excluding hydrogens is 415 g/mol. The third-order valence-electron chi connectivity index (χ3n) is 4.85. The Bertz CT molecular complexity index is 578. The van der Waals surface area contributed by atoms with Crippen LogP contribution in [-0.2, 0) is 4.79 Å². The molecule has 1 saturated carbocycles. The molecule has 3 unspecified atom stereocenters. The number of carbonyl (C=O) groups is 1. The lowest BCUT2D eigenvalue weighted by molar-refractivity contribution is -0.119. The second-order valence-electron chi connectivity index (χ2n) is 6.68. The van der Waals surface area contributed by atoms with Gasteiger partial charge < -0.3 is 16.0 Å². The molecular formula is C18H27IN4O. The van der Waals surface area contributed by atoms with E-state index in [2.05, 4.69) is 45.5 Å². The molecule has 5 nitrogen and oxygen atoms in total. The number of carbonyl (C=O) groups excluding carboxylic acids is 1. The number of guanidine groups is 1. The summed E-state index contributed by atoms with van der Waals surface area (Å²) in [6, 6.07) is 11.1. The standard InChI is InChI=1S/C18H26N4O.HI/c1-20-18(22-9-5-6-13(12-22)10-17(19)23)21-16-11-15(16)14-7-3-2-4-8-14;/h2-4,7-8,13,15-16H,5-6,9-12H2,1H3,(H2,19,23)(H,20,21);1H. The van der Waals surface area contributed by atoms with Gasteiger partial charge in [0.2, 0.25) is 5.91 Å². The van der Waals surface area contributed by atoms with Crippen molar-refractivity contribution in [1.29, 1.82) is 0 Å². The van der Waals surface area contributed by atoms with Crippen molar-refractivity contribution in [3.8, 4) is 0 Å². The normalized spacial score (nSPS) is 26.5. The average molecular weight is 442 g/mol. The van der Waals surface area contributed by atoms with Gasteiger partial charge in [0.25, 0.3) is 0 Å². The van der Waals surface area contributed by atoms with E-state index in [1.54, 1.807) is 0 Å². The van der Waals surface area contributed by atoms with Crippen molar-refractivity contribution >= 4 is 35.8 Å². The van der Waals surface area contributed by atoms with Crippen LogP contribution in [0.4, 0.5) is 0 Å². The highest BCUT2D eigenvalue weighted by Crippen LogP contribution is 2.40. The molecule has 0 aromatic heterocycles. The lowest BCUT2D eigenvalue weighted by Gasteiger charge is -2.34. The number of hydrogen-bond acceptors (Lipinski definition) is 2. The van der Waals surface area contributed by atoms with Crippen molar-refractivity contribution in [2.24, 2.45) is 16.6 Å². The molecule has 2 fully saturated rings. The largest absolute Gasteiger partial charge is 0.370 e. The molecule has 3 N–H and O–H groups in total. The van der Waals surface area contributed by atoms with Gasteiger partial charge >= 0.3 is 0 Å². The van der Waals surface area contributed by atoms with Crippen LogP contribution in [0.1, 0.15) is 37.2 Å². The van der Waals surface area contributed by atoms with Gasteiger partial charge in [-0.05, 0) is 30.7 Å². The van der Waals surface area contributed by atoms with Gasteiger partial charge in [-0.3, -0.25) is 9.79 Å². The van der Waals surface area contributed by atoms with Gasteiger partial charge in [0.15, 0.2) is 5.96 Å². The lowest BCUT2D eigenvalue weighted by Crippen LogP contribution is -2.48. The maximum Gasteiger partial charge on any atom is 0.217 e. The van der Waals surface area contributed by atoms with E-state index in [1.807, 2.05) is 7.05 Å². The van der Waals surface area contributed by atoms with E-state index >= 15 is 0 Å². The Kier molecular flexibility index (Phi) is 6.89. The zero-order valence-electron chi connectivity index (χ0n) is 14.1. The second kappa shape index (κ2) is 8.69. The predicted molar refractivity (Wildman–Crippen MR) is 108 cm³/mol. The molecule has 1 heterocycles. The maximum absolute atomic E-state index is 11.2. The number of amides is 1. The molecule has 132 valence electrons. The van der Waals surface area contributed by atoms with Gasteiger partial charge in [-0.15, -0.1) is 24.0 Å². The van der Waals surface area contributed by atoms with Crippen LogP contribution in [0.15, 0.2) is 35.3 Å². The summed E-state index contributed by atoms with van der Waals surface area (Å²) in [5, 5.41) is 3.59. The van der Waals surface area contributed by atoms with E-state index in [4.69, 9.17) is 5.73 Å². The minimum Gasteiger partial charge on any atom is -0.370 e. The molecule has 1 amide bonds. The summed E-state index contributed by atoms with van der Waals surface area (Å²) in [6.07, 6.45) is 3.79. The molecule has 0 spiro atoms. The second-order valence-corrected chi connectivity index (χ2v) is 6.68. The Morgan fingerprint density at radius 3 is 2.79 bits per heavy atom. The third-order valence-corrected chi connectivity index (χ3v) is 4.85. The molecule has 3 rings (SSSR count). The first kappa shape index (κ1) is 19.0. The highest BCUT2D eigenvalue weighted by Gasteiger charge is 2.39. The van der Waals surface area contributed by atoms with Gasteiger partial charge in [0, 0.05) is 38.5 Å². The van der Waals surface area contributed by atoms with Crippen LogP contribution in [0.2, 0.25) is 0 Å². The monoisotopic (exact) mass is 442 g/mol. The Morgan fingerprint density at radius 1 is 1.38 bits per heavy atom. The molecule has 0 bridgehead atoms. The van der Waals surface area contributed by atoms with E-state index in [0.29, 0.717) is 24.3 Å². The molecule has 1 aromatic rings. The summed E-state index contributed by atoms with van der Waals surface area (Å²) in [4.78, 5) is 17.9. The minimum absolute atomic E-state index is 0. The van der Waals surface area contributed by atoms with Crippen LogP contribution in [0, 0.1) is 5.92 Å². The number of likely N-dealkylation sites (tertiary alicyclic amines) is 1. The molecule has 3 atom stereocenters. The number of aliphatic imine (C=N–C) groups is 1. The summed E-state index contributed by atoms with van der Waals surface area (Å²) >= 11 is 0. The first-order valence-electron chi connectivity index (χ1n) is 8.49. The summed E-state index contributed by atoms with van der Waals surface area (Å²) in [7, 11) is 1.83. The Hall–Kier alpha value is -1.31. The lowest BCUT2D eigenvalue weighted by atomic mass is 9.95. The fourth-order valence-electron chi connectivity index (χ4n) is 3.59. The number of primary amides is 1. The molecule has 0 radical (unpaired) electrons. The molecule has 1 aliphatic carbocycles. The SMILES string of the molecule is CN=C(NC1CC1c1ccccc1)N1CCCC(CC(N)=O)C1.I. The van der Waals surface area contributed by atoms with Crippen molar-refractivity contribution in [1.82, 2.24) is 10.2 Å². The Labute approximate surface area is 161 Å². The Morgan fingerprint density at radius 2 is 2.12 bits per heavy atom. The summed E-state index contributed by atoms with van der Waals surface area (Å²) < 4.78 is 0. The van der Waals surface area contributed by atoms with Crippen LogP contribution in [-0.4, -0.2) is 42.9 Å². The maximum atomic E-state index is 11.2. The zero-order chi connectivity index (χ0) is 16.2. The van der Waals surface area contributed by atoms with E-state index < -0.39 is 0 Å². The number of rotatable bonds is 4. The highest BCUT2D eigenvalue weighted by molar-refractivity contribution is 14.0. The van der Waals surface area contributed by atoms with E-state index in [0.717, 1.165) is 38.3 Å².